The van der Waals surface area contributed by atoms with Crippen molar-refractivity contribution < 1.29 is 15.3 Å². The lowest BCUT2D eigenvalue weighted by Crippen LogP contribution is -1.87. The lowest BCUT2D eigenvalue weighted by molar-refractivity contribution is 0.450. The largest absolute Gasteiger partial charge is 0.508 e. The molecule has 2 aromatic rings. The third-order valence-electron chi connectivity index (χ3n) is 2.76. The molecule has 0 aliphatic heterocycles. The third-order valence-corrected chi connectivity index (χ3v) is 2.76. The summed E-state index contributed by atoms with van der Waals surface area (Å²) in [6.45, 7) is 1.93. The maximum Gasteiger partial charge on any atom is 0.130 e. The smallest absolute Gasteiger partial charge is 0.130 e. The summed E-state index contributed by atoms with van der Waals surface area (Å²) in [6, 6.07) is 9.69. The number of aromatic hydroxyl groups is 3. The van der Waals surface area contributed by atoms with Gasteiger partial charge >= 0.3 is 0 Å². The number of hydrogen-bond donors (Lipinski definition) is 3. The molecule has 0 radical (unpaired) electrons. The van der Waals surface area contributed by atoms with Crippen molar-refractivity contribution in [3.63, 3.8) is 0 Å². The van der Waals surface area contributed by atoms with E-state index in [9.17, 15) is 15.3 Å². The average Bonchev–Trinajstić information content (AvgIpc) is 2.29. The Bertz CT molecular complexity index is 547. The maximum absolute atomic E-state index is 10.1. The molecule has 0 atom stereocenters. The second-order valence-electron chi connectivity index (χ2n) is 3.87. The minimum atomic E-state index is 0.00491. The third kappa shape index (κ3) is 2.04. The molecule has 0 bridgehead atoms. The number of rotatable bonds is 2. The lowest BCUT2D eigenvalue weighted by atomic mass is 9.99. The molecule has 0 aliphatic rings. The molecule has 0 amide bonds. The van der Waals surface area contributed by atoms with Gasteiger partial charge in [-0.2, -0.15) is 0 Å². The van der Waals surface area contributed by atoms with Crippen molar-refractivity contribution in [2.75, 3.05) is 0 Å². The van der Waals surface area contributed by atoms with Gasteiger partial charge in [0, 0.05) is 0 Å². The molecule has 0 saturated carbocycles. The molecule has 3 nitrogen and oxygen atoms in total. The lowest BCUT2D eigenvalue weighted by Gasteiger charge is -2.11. The molecule has 3 N–H and O–H groups in total. The summed E-state index contributed by atoms with van der Waals surface area (Å²) in [5.74, 6) is 0.173. The van der Waals surface area contributed by atoms with E-state index in [0.29, 0.717) is 17.5 Å². The quantitative estimate of drug-likeness (QED) is 0.743. The van der Waals surface area contributed by atoms with Gasteiger partial charge in [-0.05, 0) is 35.7 Å². The second kappa shape index (κ2) is 4.37. The molecule has 0 spiro atoms. The highest BCUT2D eigenvalue weighted by molar-refractivity contribution is 5.78. The Balaban J connectivity index is 2.66. The molecular weight excluding hydrogens is 216 g/mol. The number of benzene rings is 2. The molecule has 0 aromatic heterocycles. The Labute approximate surface area is 99.6 Å². The number of phenols is 3. The summed E-state index contributed by atoms with van der Waals surface area (Å²) in [6.07, 6.45) is 0.679. The number of aryl methyl sites for hydroxylation is 1. The molecule has 0 aliphatic carbocycles. The predicted octanol–water partition coefficient (Wildman–Crippen LogP) is 3.03. The van der Waals surface area contributed by atoms with Crippen LogP contribution < -0.4 is 0 Å². The number of hydrogen-bond acceptors (Lipinski definition) is 3. The van der Waals surface area contributed by atoms with Crippen LogP contribution >= 0.6 is 0 Å². The van der Waals surface area contributed by atoms with Gasteiger partial charge in [0.15, 0.2) is 0 Å². The zero-order chi connectivity index (χ0) is 12.4. The van der Waals surface area contributed by atoms with Crippen molar-refractivity contribution >= 4 is 0 Å². The first-order valence-electron chi connectivity index (χ1n) is 5.46. The van der Waals surface area contributed by atoms with E-state index in [1.54, 1.807) is 30.3 Å². The first-order chi connectivity index (χ1) is 8.13. The zero-order valence-electron chi connectivity index (χ0n) is 9.51. The standard InChI is InChI=1S/C14H14O3/c1-2-9-6-7-12(16)13(14(9)17)10-4-3-5-11(15)8-10/h3-8,15-17H,2H2,1H3. The van der Waals surface area contributed by atoms with Gasteiger partial charge in [-0.1, -0.05) is 25.1 Å². The monoisotopic (exact) mass is 230 g/mol. The van der Waals surface area contributed by atoms with Gasteiger partial charge in [0.1, 0.15) is 17.2 Å². The fourth-order valence-corrected chi connectivity index (χ4v) is 1.85. The van der Waals surface area contributed by atoms with E-state index in [1.165, 1.54) is 6.07 Å². The predicted molar refractivity (Wildman–Crippen MR) is 66.3 cm³/mol. The van der Waals surface area contributed by atoms with E-state index in [0.717, 1.165) is 5.56 Å². The van der Waals surface area contributed by atoms with Crippen LogP contribution in [0.25, 0.3) is 11.1 Å². The Morgan fingerprint density at radius 1 is 1.00 bits per heavy atom. The molecule has 0 unspecified atom stereocenters. The van der Waals surface area contributed by atoms with Crippen LogP contribution in [0.15, 0.2) is 36.4 Å². The highest BCUT2D eigenvalue weighted by Gasteiger charge is 2.13. The van der Waals surface area contributed by atoms with Crippen molar-refractivity contribution in [3.8, 4) is 28.4 Å². The van der Waals surface area contributed by atoms with Crippen molar-refractivity contribution in [1.82, 2.24) is 0 Å². The minimum absolute atomic E-state index is 0.00491. The first kappa shape index (κ1) is 11.3. The van der Waals surface area contributed by atoms with E-state index in [-0.39, 0.29) is 17.2 Å². The molecule has 3 heteroatoms. The van der Waals surface area contributed by atoms with Crippen LogP contribution in [0.3, 0.4) is 0 Å². The van der Waals surface area contributed by atoms with Gasteiger partial charge in [0.2, 0.25) is 0 Å². The Morgan fingerprint density at radius 2 is 1.76 bits per heavy atom. The first-order valence-corrected chi connectivity index (χ1v) is 5.46. The van der Waals surface area contributed by atoms with Crippen LogP contribution in [0.1, 0.15) is 12.5 Å². The van der Waals surface area contributed by atoms with Crippen LogP contribution in [0.4, 0.5) is 0 Å². The van der Waals surface area contributed by atoms with E-state index < -0.39 is 0 Å². The molecular formula is C14H14O3. The van der Waals surface area contributed by atoms with Gasteiger partial charge in [-0.3, -0.25) is 0 Å². The molecule has 2 rings (SSSR count). The number of phenolic OH excluding ortho intramolecular Hbond substituents is 3. The summed E-state index contributed by atoms with van der Waals surface area (Å²) < 4.78 is 0. The van der Waals surface area contributed by atoms with Crippen molar-refractivity contribution in [2.45, 2.75) is 13.3 Å². The molecule has 17 heavy (non-hydrogen) atoms. The van der Waals surface area contributed by atoms with Gasteiger partial charge in [-0.25, -0.2) is 0 Å². The van der Waals surface area contributed by atoms with Crippen LogP contribution in [0.5, 0.6) is 17.2 Å². The highest BCUT2D eigenvalue weighted by Crippen LogP contribution is 2.40. The van der Waals surface area contributed by atoms with Gasteiger partial charge in [-0.15, -0.1) is 0 Å². The van der Waals surface area contributed by atoms with Crippen molar-refractivity contribution in [1.29, 1.82) is 0 Å². The van der Waals surface area contributed by atoms with E-state index >= 15 is 0 Å². The summed E-state index contributed by atoms with van der Waals surface area (Å²) in [5, 5.41) is 29.3. The Kier molecular flexibility index (Phi) is 2.91. The summed E-state index contributed by atoms with van der Waals surface area (Å²) >= 11 is 0. The normalized spacial score (nSPS) is 10.4. The van der Waals surface area contributed by atoms with Crippen LogP contribution in [-0.2, 0) is 6.42 Å². The molecule has 88 valence electrons. The summed E-state index contributed by atoms with van der Waals surface area (Å²) in [7, 11) is 0. The topological polar surface area (TPSA) is 60.7 Å². The van der Waals surface area contributed by atoms with Crippen molar-refractivity contribution in [3.05, 3.63) is 42.0 Å². The fourth-order valence-electron chi connectivity index (χ4n) is 1.85. The van der Waals surface area contributed by atoms with Crippen LogP contribution in [-0.4, -0.2) is 15.3 Å². The zero-order valence-corrected chi connectivity index (χ0v) is 9.51. The van der Waals surface area contributed by atoms with Crippen molar-refractivity contribution in [2.24, 2.45) is 0 Å². The Morgan fingerprint density at radius 3 is 2.41 bits per heavy atom. The Hall–Kier alpha value is -2.16. The molecule has 0 heterocycles. The fraction of sp³-hybridized carbons (Fsp3) is 0.143. The SMILES string of the molecule is CCc1ccc(O)c(-c2cccc(O)c2)c1O. The molecule has 0 fully saturated rings. The highest BCUT2D eigenvalue weighted by atomic mass is 16.3. The average molecular weight is 230 g/mol. The van der Waals surface area contributed by atoms with Gasteiger partial charge < -0.3 is 15.3 Å². The van der Waals surface area contributed by atoms with Gasteiger partial charge in [0.25, 0.3) is 0 Å². The van der Waals surface area contributed by atoms with E-state index in [1.807, 2.05) is 6.92 Å². The van der Waals surface area contributed by atoms with E-state index in [2.05, 4.69) is 0 Å². The molecule has 2 aromatic carbocycles. The second-order valence-corrected chi connectivity index (χ2v) is 3.87. The molecule has 0 saturated heterocycles. The summed E-state index contributed by atoms with van der Waals surface area (Å²) in [5.41, 5.74) is 1.72. The minimum Gasteiger partial charge on any atom is -0.508 e. The van der Waals surface area contributed by atoms with Crippen LogP contribution in [0.2, 0.25) is 0 Å². The van der Waals surface area contributed by atoms with Gasteiger partial charge in [0.05, 0.1) is 5.56 Å². The maximum atomic E-state index is 10.1. The van der Waals surface area contributed by atoms with E-state index in [4.69, 9.17) is 0 Å². The van der Waals surface area contributed by atoms with Crippen LogP contribution in [0, 0.1) is 0 Å². The summed E-state index contributed by atoms with van der Waals surface area (Å²) in [4.78, 5) is 0.